The molecule has 2 saturated carbocycles. The summed E-state index contributed by atoms with van der Waals surface area (Å²) in [6.07, 6.45) is 24.0. The Balaban J connectivity index is 3.27. The zero-order valence-electron chi connectivity index (χ0n) is 48.4. The second-order valence-electron chi connectivity index (χ2n) is 27.3. The van der Waals surface area contributed by atoms with Crippen LogP contribution >= 0.6 is 0 Å². The third-order valence-corrected chi connectivity index (χ3v) is 20.6. The first-order chi connectivity index (χ1) is 30.8. The molecule has 0 spiro atoms. The Kier molecular flexibility index (Phi) is 22.2. The Bertz CT molecular complexity index is 1560. The van der Waals surface area contributed by atoms with Crippen LogP contribution in [-0.4, -0.2) is 34.7 Å². The molecule has 10 unspecified atom stereocenters. The van der Waals surface area contributed by atoms with Gasteiger partial charge < -0.3 is 14.6 Å². The van der Waals surface area contributed by atoms with E-state index in [4.69, 9.17) is 9.47 Å². The minimum atomic E-state index is -1.06. The summed E-state index contributed by atoms with van der Waals surface area (Å²) in [5.41, 5.74) is -6.71. The SMILES string of the molecule is CCCCCC(C)(C)CC(C)(C(=O)OC1CC2CCC1C2)C(C)(CCCCC)C(C)(CCCCC)CC(C)(C(=O)OC(C)(C)C)C(C)(CCCCC)C(C)(CC)CC(C)(C(=O)O)C(C)(C)CC. The predicted octanol–water partition coefficient (Wildman–Crippen LogP) is 18.6. The van der Waals surface area contributed by atoms with Crippen LogP contribution in [0.5, 0.6) is 0 Å². The van der Waals surface area contributed by atoms with Crippen molar-refractivity contribution in [2.75, 3.05) is 0 Å². The molecular weight excluding hydrogens is 829 g/mol. The number of unbranched alkanes of at least 4 members (excludes halogenated alkanes) is 8. The van der Waals surface area contributed by atoms with Crippen molar-refractivity contribution in [1.82, 2.24) is 0 Å². The fraction of sp³-hybridized carbons (Fsp3) is 0.951. The van der Waals surface area contributed by atoms with Crippen LogP contribution in [0.4, 0.5) is 0 Å². The standard InChI is InChI=1S/C61H114O6/c1-21-27-31-37-53(10,11)43-58(17,50(64)66-48-42-46-35-36-47(48)41-46)61(20,40-34-30-24-4)56(15,38-32-28-22-2)45-59(18,51(65)67-52(7,8)9)60(19,39-33-29-23-3)55(14,26-6)44-57(16,49(62)63)54(12,13)25-5/h46-48H,21-45H2,1-20H3,(H,62,63). The lowest BCUT2D eigenvalue weighted by molar-refractivity contribution is -0.210. The van der Waals surface area contributed by atoms with E-state index < -0.39 is 54.9 Å². The largest absolute Gasteiger partial charge is 0.481 e. The van der Waals surface area contributed by atoms with Gasteiger partial charge in [-0.3, -0.25) is 14.4 Å². The number of aliphatic carboxylic acids is 1. The topological polar surface area (TPSA) is 89.9 Å². The molecule has 6 heteroatoms. The number of carboxylic acids is 1. The van der Waals surface area contributed by atoms with Crippen LogP contribution in [0.15, 0.2) is 0 Å². The van der Waals surface area contributed by atoms with Gasteiger partial charge >= 0.3 is 17.9 Å². The molecule has 0 aliphatic heterocycles. The second kappa shape index (κ2) is 24.2. The summed E-state index contributed by atoms with van der Waals surface area (Å²) in [6, 6.07) is 0. The van der Waals surface area contributed by atoms with Gasteiger partial charge in [0.1, 0.15) is 11.7 Å². The minimum absolute atomic E-state index is 0.0172. The fourth-order valence-corrected chi connectivity index (χ4v) is 14.4. The van der Waals surface area contributed by atoms with Crippen LogP contribution in [-0.2, 0) is 23.9 Å². The normalized spacial score (nSPS) is 24.3. The van der Waals surface area contributed by atoms with Crippen LogP contribution in [0.3, 0.4) is 0 Å². The number of hydrogen-bond acceptors (Lipinski definition) is 5. The monoisotopic (exact) mass is 943 g/mol. The fourth-order valence-electron chi connectivity index (χ4n) is 14.4. The van der Waals surface area contributed by atoms with Gasteiger partial charge in [0.05, 0.1) is 16.2 Å². The van der Waals surface area contributed by atoms with Crippen molar-refractivity contribution in [1.29, 1.82) is 0 Å². The zero-order chi connectivity index (χ0) is 51.6. The summed E-state index contributed by atoms with van der Waals surface area (Å²) in [5, 5.41) is 11.3. The van der Waals surface area contributed by atoms with Gasteiger partial charge in [-0.1, -0.05) is 180 Å². The van der Waals surface area contributed by atoms with Gasteiger partial charge in [-0.15, -0.1) is 0 Å². The molecule has 0 aromatic carbocycles. The Morgan fingerprint density at radius 2 is 0.940 bits per heavy atom. The molecule has 0 saturated heterocycles. The summed E-state index contributed by atoms with van der Waals surface area (Å²) >= 11 is 0. The lowest BCUT2D eigenvalue weighted by Gasteiger charge is -2.64. The average molecular weight is 944 g/mol. The zero-order valence-corrected chi connectivity index (χ0v) is 48.4. The summed E-state index contributed by atoms with van der Waals surface area (Å²) < 4.78 is 13.8. The number of rotatable bonds is 33. The average Bonchev–Trinajstić information content (AvgIpc) is 3.86. The quantitative estimate of drug-likeness (QED) is 0.0521. The van der Waals surface area contributed by atoms with Crippen molar-refractivity contribution in [3.63, 3.8) is 0 Å². The maximum atomic E-state index is 16.1. The first kappa shape index (κ1) is 61.5. The Labute approximate surface area is 416 Å². The predicted molar refractivity (Wildman–Crippen MR) is 284 cm³/mol. The van der Waals surface area contributed by atoms with Gasteiger partial charge in [0, 0.05) is 0 Å². The van der Waals surface area contributed by atoms with Gasteiger partial charge in [-0.25, -0.2) is 0 Å². The summed E-state index contributed by atoms with van der Waals surface area (Å²) in [7, 11) is 0. The lowest BCUT2D eigenvalue weighted by Crippen LogP contribution is -2.62. The number of carbonyl (C=O) groups excluding carboxylic acids is 2. The smallest absolute Gasteiger partial charge is 0.312 e. The molecule has 10 atom stereocenters. The highest BCUT2D eigenvalue weighted by Crippen LogP contribution is 2.70. The molecule has 1 N–H and O–H groups in total. The third-order valence-electron chi connectivity index (χ3n) is 20.6. The summed E-state index contributed by atoms with van der Waals surface area (Å²) in [4.78, 5) is 45.9. The van der Waals surface area contributed by atoms with Gasteiger partial charge in [-0.05, 0) is 163 Å². The summed E-state index contributed by atoms with van der Waals surface area (Å²) in [6.45, 7) is 44.5. The van der Waals surface area contributed by atoms with E-state index in [-0.39, 0.29) is 23.5 Å². The molecule has 67 heavy (non-hydrogen) atoms. The van der Waals surface area contributed by atoms with E-state index in [2.05, 4.69) is 111 Å². The van der Waals surface area contributed by atoms with Gasteiger partial charge in [-0.2, -0.15) is 0 Å². The third kappa shape index (κ3) is 13.7. The van der Waals surface area contributed by atoms with E-state index in [1.165, 1.54) is 19.3 Å². The number of carbonyl (C=O) groups is 3. The number of carboxylic acid groups (broad SMARTS) is 1. The van der Waals surface area contributed by atoms with E-state index in [0.717, 1.165) is 128 Å². The number of ether oxygens (including phenoxy) is 2. The van der Waals surface area contributed by atoms with E-state index >= 15 is 9.59 Å². The van der Waals surface area contributed by atoms with Crippen LogP contribution in [0, 0.1) is 60.6 Å². The maximum absolute atomic E-state index is 16.1. The first-order valence-electron chi connectivity index (χ1n) is 28.5. The Morgan fingerprint density at radius 3 is 1.34 bits per heavy atom. The molecule has 394 valence electrons. The highest BCUT2D eigenvalue weighted by molar-refractivity contribution is 5.80. The molecule has 2 aliphatic rings. The molecule has 0 heterocycles. The highest BCUT2D eigenvalue weighted by atomic mass is 16.6. The maximum Gasteiger partial charge on any atom is 0.312 e. The van der Waals surface area contributed by atoms with Crippen molar-refractivity contribution >= 4 is 17.9 Å². The molecule has 2 bridgehead atoms. The van der Waals surface area contributed by atoms with Crippen LogP contribution in [0.25, 0.3) is 0 Å². The molecule has 0 amide bonds. The van der Waals surface area contributed by atoms with E-state index in [9.17, 15) is 9.90 Å². The first-order valence-corrected chi connectivity index (χ1v) is 28.5. The molecule has 0 aromatic rings. The van der Waals surface area contributed by atoms with Crippen LogP contribution in [0.1, 0.15) is 299 Å². The molecule has 2 fully saturated rings. The van der Waals surface area contributed by atoms with E-state index in [1.807, 2.05) is 27.7 Å². The molecule has 0 aromatic heterocycles. The summed E-state index contributed by atoms with van der Waals surface area (Å²) in [5.74, 6) is 0.144. The van der Waals surface area contributed by atoms with Crippen molar-refractivity contribution in [3.05, 3.63) is 0 Å². The molecule has 2 aliphatic carbocycles. The van der Waals surface area contributed by atoms with Crippen molar-refractivity contribution < 1.29 is 29.0 Å². The van der Waals surface area contributed by atoms with Crippen LogP contribution in [0.2, 0.25) is 0 Å². The van der Waals surface area contributed by atoms with Crippen molar-refractivity contribution in [2.45, 2.75) is 311 Å². The Hall–Kier alpha value is -1.59. The van der Waals surface area contributed by atoms with E-state index in [1.54, 1.807) is 0 Å². The van der Waals surface area contributed by atoms with Crippen molar-refractivity contribution in [3.8, 4) is 0 Å². The number of esters is 2. The Morgan fingerprint density at radius 1 is 0.493 bits per heavy atom. The highest BCUT2D eigenvalue weighted by Gasteiger charge is 2.68. The second-order valence-corrected chi connectivity index (χ2v) is 27.3. The van der Waals surface area contributed by atoms with E-state index in [0.29, 0.717) is 24.7 Å². The lowest BCUT2D eigenvalue weighted by atomic mass is 9.39. The molecule has 2 rings (SSSR count). The molecule has 6 nitrogen and oxygen atoms in total. The minimum Gasteiger partial charge on any atom is -0.481 e. The van der Waals surface area contributed by atoms with Gasteiger partial charge in [0.25, 0.3) is 0 Å². The number of hydrogen-bond donors (Lipinski definition) is 1. The van der Waals surface area contributed by atoms with Crippen LogP contribution < -0.4 is 0 Å². The molecule has 0 radical (unpaired) electrons. The van der Waals surface area contributed by atoms with Gasteiger partial charge in [0.2, 0.25) is 0 Å². The van der Waals surface area contributed by atoms with Gasteiger partial charge in [0.15, 0.2) is 0 Å². The van der Waals surface area contributed by atoms with Crippen molar-refractivity contribution in [2.24, 2.45) is 60.6 Å². The molecular formula is C61H114O6. The number of fused-ring (bicyclic) bond motifs is 2.